The number of phenolic OH excluding ortho intramolecular Hbond substituents is 1. The Bertz CT molecular complexity index is 420. The van der Waals surface area contributed by atoms with Crippen LogP contribution >= 0.6 is 15.9 Å². The van der Waals surface area contributed by atoms with Crippen molar-refractivity contribution in [2.75, 3.05) is 7.11 Å². The van der Waals surface area contributed by atoms with Crippen LogP contribution < -0.4 is 4.74 Å². The van der Waals surface area contributed by atoms with E-state index in [4.69, 9.17) is 9.84 Å². The average Bonchev–Trinajstić information content (AvgIpc) is 2.22. The van der Waals surface area contributed by atoms with Gasteiger partial charge in [0.25, 0.3) is 0 Å². The van der Waals surface area contributed by atoms with Gasteiger partial charge in [0.2, 0.25) is 0 Å². The van der Waals surface area contributed by atoms with Gasteiger partial charge in [-0.3, -0.25) is 4.79 Å². The molecule has 6 heteroatoms. The van der Waals surface area contributed by atoms with Gasteiger partial charge in [-0.15, -0.1) is 0 Å². The number of hydrogen-bond acceptors (Lipinski definition) is 3. The lowest BCUT2D eigenvalue weighted by atomic mass is 10.1. The molecule has 16 heavy (non-hydrogen) atoms. The predicted octanol–water partition coefficient (Wildman–Crippen LogP) is 2.32. The number of methoxy groups -OCH3 is 1. The Hall–Kier alpha value is -1.30. The maximum Gasteiger partial charge on any atom is 0.303 e. The minimum atomic E-state index is -0.987. The monoisotopic (exact) mass is 292 g/mol. The lowest BCUT2D eigenvalue weighted by Gasteiger charge is -2.10. The third kappa shape index (κ3) is 2.63. The first-order valence-electron chi connectivity index (χ1n) is 4.43. The highest BCUT2D eigenvalue weighted by Crippen LogP contribution is 2.37. The van der Waals surface area contributed by atoms with Gasteiger partial charge in [0, 0.05) is 6.42 Å². The summed E-state index contributed by atoms with van der Waals surface area (Å²) in [5.41, 5.74) is 0.326. The lowest BCUT2D eigenvalue weighted by Crippen LogP contribution is -2.00. The molecule has 0 atom stereocenters. The number of phenols is 1. The van der Waals surface area contributed by atoms with Crippen LogP contribution in [0.15, 0.2) is 10.5 Å². The summed E-state index contributed by atoms with van der Waals surface area (Å²) < 4.78 is 18.2. The molecular formula is C10H10BrFO4. The number of aryl methyl sites for hydroxylation is 1. The molecule has 1 aromatic carbocycles. The highest BCUT2D eigenvalue weighted by molar-refractivity contribution is 9.10. The maximum absolute atomic E-state index is 13.4. The molecule has 0 radical (unpaired) electrons. The van der Waals surface area contributed by atoms with E-state index in [1.54, 1.807) is 0 Å². The third-order valence-electron chi connectivity index (χ3n) is 2.04. The number of halogens is 2. The zero-order chi connectivity index (χ0) is 12.3. The summed E-state index contributed by atoms with van der Waals surface area (Å²) in [6.45, 7) is 0. The van der Waals surface area contributed by atoms with Crippen LogP contribution in [0.4, 0.5) is 4.39 Å². The molecular weight excluding hydrogens is 283 g/mol. The van der Waals surface area contributed by atoms with Gasteiger partial charge in [-0.05, 0) is 34.0 Å². The molecule has 0 bridgehead atoms. The highest BCUT2D eigenvalue weighted by Gasteiger charge is 2.17. The molecule has 0 saturated carbocycles. The molecule has 0 aromatic heterocycles. The Balaban J connectivity index is 3.10. The van der Waals surface area contributed by atoms with E-state index >= 15 is 0 Å². The molecule has 0 amide bonds. The topological polar surface area (TPSA) is 66.8 Å². The highest BCUT2D eigenvalue weighted by atomic mass is 79.9. The molecule has 0 spiro atoms. The molecule has 2 N–H and O–H groups in total. The Morgan fingerprint density at radius 3 is 2.75 bits per heavy atom. The van der Waals surface area contributed by atoms with Crippen molar-refractivity contribution in [1.82, 2.24) is 0 Å². The second-order valence-electron chi connectivity index (χ2n) is 3.11. The van der Waals surface area contributed by atoms with Gasteiger partial charge in [-0.1, -0.05) is 0 Å². The van der Waals surface area contributed by atoms with Crippen LogP contribution in [-0.2, 0) is 11.2 Å². The Morgan fingerprint density at radius 2 is 2.25 bits per heavy atom. The molecule has 4 nitrogen and oxygen atoms in total. The van der Waals surface area contributed by atoms with Crippen LogP contribution in [0.3, 0.4) is 0 Å². The van der Waals surface area contributed by atoms with Crippen molar-refractivity contribution in [2.45, 2.75) is 12.8 Å². The summed E-state index contributed by atoms with van der Waals surface area (Å²) in [4.78, 5) is 10.4. The van der Waals surface area contributed by atoms with E-state index in [1.165, 1.54) is 13.2 Å². The maximum atomic E-state index is 13.4. The Labute approximate surface area is 99.8 Å². The fourth-order valence-electron chi connectivity index (χ4n) is 1.26. The van der Waals surface area contributed by atoms with E-state index in [0.29, 0.717) is 5.56 Å². The number of carboxylic acid groups (broad SMARTS) is 1. The van der Waals surface area contributed by atoms with Crippen molar-refractivity contribution >= 4 is 21.9 Å². The molecule has 0 aliphatic carbocycles. The number of carbonyl (C=O) groups is 1. The number of hydrogen-bond donors (Lipinski definition) is 2. The second kappa shape index (κ2) is 5.16. The van der Waals surface area contributed by atoms with Crippen molar-refractivity contribution in [2.24, 2.45) is 0 Å². The SMILES string of the molecule is COc1c(O)c(CCC(=O)O)cc(Br)c1F. The second-order valence-corrected chi connectivity index (χ2v) is 3.96. The van der Waals surface area contributed by atoms with Gasteiger partial charge in [0.15, 0.2) is 17.3 Å². The lowest BCUT2D eigenvalue weighted by molar-refractivity contribution is -0.136. The summed E-state index contributed by atoms with van der Waals surface area (Å²) in [7, 11) is 1.23. The van der Waals surface area contributed by atoms with Gasteiger partial charge in [-0.25, -0.2) is 4.39 Å². The molecule has 1 aromatic rings. The molecule has 88 valence electrons. The zero-order valence-electron chi connectivity index (χ0n) is 8.46. The van der Waals surface area contributed by atoms with Crippen LogP contribution in [0.25, 0.3) is 0 Å². The normalized spacial score (nSPS) is 10.2. The molecule has 0 aliphatic heterocycles. The smallest absolute Gasteiger partial charge is 0.303 e. The zero-order valence-corrected chi connectivity index (χ0v) is 10.0. The van der Waals surface area contributed by atoms with Crippen molar-refractivity contribution in [1.29, 1.82) is 0 Å². The first-order chi connectivity index (χ1) is 7.47. The fraction of sp³-hybridized carbons (Fsp3) is 0.300. The summed E-state index contributed by atoms with van der Waals surface area (Å²) in [6, 6.07) is 1.34. The summed E-state index contributed by atoms with van der Waals surface area (Å²) in [5.74, 6) is -2.34. The molecule has 0 fully saturated rings. The minimum absolute atomic E-state index is 0.108. The predicted molar refractivity (Wildman–Crippen MR) is 58.3 cm³/mol. The number of aliphatic carboxylic acids is 1. The number of aromatic hydroxyl groups is 1. The molecule has 0 saturated heterocycles. The van der Waals surface area contributed by atoms with E-state index in [9.17, 15) is 14.3 Å². The average molecular weight is 293 g/mol. The number of benzene rings is 1. The third-order valence-corrected chi connectivity index (χ3v) is 2.62. The van der Waals surface area contributed by atoms with Crippen LogP contribution in [0.5, 0.6) is 11.5 Å². The Kier molecular flexibility index (Phi) is 4.12. The first kappa shape index (κ1) is 12.8. The van der Waals surface area contributed by atoms with Crippen molar-refractivity contribution < 1.29 is 24.1 Å². The minimum Gasteiger partial charge on any atom is -0.504 e. The quantitative estimate of drug-likeness (QED) is 0.894. The van der Waals surface area contributed by atoms with E-state index in [2.05, 4.69) is 15.9 Å². The standard InChI is InChI=1S/C10H10BrFO4/c1-16-10-8(12)6(11)4-5(9(10)15)2-3-7(13)14/h4,15H,2-3H2,1H3,(H,13,14). The largest absolute Gasteiger partial charge is 0.504 e. The van der Waals surface area contributed by atoms with Gasteiger partial charge < -0.3 is 14.9 Å². The van der Waals surface area contributed by atoms with E-state index in [0.717, 1.165) is 0 Å². The van der Waals surface area contributed by atoms with E-state index in [1.807, 2.05) is 0 Å². The van der Waals surface area contributed by atoms with Crippen LogP contribution in [0.1, 0.15) is 12.0 Å². The van der Waals surface area contributed by atoms with Crippen LogP contribution in [0, 0.1) is 5.82 Å². The van der Waals surface area contributed by atoms with E-state index in [-0.39, 0.29) is 28.8 Å². The number of ether oxygens (including phenoxy) is 1. The van der Waals surface area contributed by atoms with Crippen molar-refractivity contribution in [3.63, 3.8) is 0 Å². The molecule has 0 heterocycles. The number of rotatable bonds is 4. The van der Waals surface area contributed by atoms with Crippen LogP contribution in [-0.4, -0.2) is 23.3 Å². The molecule has 0 aliphatic rings. The van der Waals surface area contributed by atoms with Crippen molar-refractivity contribution in [3.8, 4) is 11.5 Å². The number of carboxylic acids is 1. The van der Waals surface area contributed by atoms with E-state index < -0.39 is 11.8 Å². The van der Waals surface area contributed by atoms with Crippen LogP contribution in [0.2, 0.25) is 0 Å². The van der Waals surface area contributed by atoms with Gasteiger partial charge >= 0.3 is 5.97 Å². The molecule has 0 unspecified atom stereocenters. The Morgan fingerprint density at radius 1 is 1.62 bits per heavy atom. The van der Waals surface area contributed by atoms with Gasteiger partial charge in [-0.2, -0.15) is 0 Å². The fourth-order valence-corrected chi connectivity index (χ4v) is 1.72. The first-order valence-corrected chi connectivity index (χ1v) is 5.22. The molecule has 1 rings (SSSR count). The van der Waals surface area contributed by atoms with Gasteiger partial charge in [0.1, 0.15) is 0 Å². The summed E-state index contributed by atoms with van der Waals surface area (Å²) in [5, 5.41) is 18.1. The van der Waals surface area contributed by atoms with Gasteiger partial charge in [0.05, 0.1) is 11.6 Å². The summed E-state index contributed by atoms with van der Waals surface area (Å²) >= 11 is 2.97. The summed E-state index contributed by atoms with van der Waals surface area (Å²) in [6.07, 6.45) is -0.0365. The van der Waals surface area contributed by atoms with Crippen molar-refractivity contribution in [3.05, 3.63) is 21.9 Å².